The normalized spacial score (nSPS) is 9.90. The first-order valence-electron chi connectivity index (χ1n) is 5.61. The van der Waals surface area contributed by atoms with Gasteiger partial charge in [-0.1, -0.05) is 0 Å². The number of carbonyl (C=O) groups is 3. The van der Waals surface area contributed by atoms with Crippen molar-refractivity contribution >= 4 is 23.6 Å². The third kappa shape index (κ3) is 4.56. The largest absolute Gasteiger partial charge is 0.480 e. The molecule has 0 aliphatic rings. The van der Waals surface area contributed by atoms with Crippen LogP contribution in [-0.4, -0.2) is 41.0 Å². The number of anilines is 1. The predicted octanol–water partition coefficient (Wildman–Crippen LogP) is 0.538. The molecule has 8 heteroatoms. The summed E-state index contributed by atoms with van der Waals surface area (Å²) in [5.74, 6) is -2.55. The lowest BCUT2D eigenvalue weighted by molar-refractivity contribution is -0.137. The highest BCUT2D eigenvalue weighted by atomic mass is 19.1. The third-order valence-corrected chi connectivity index (χ3v) is 2.37. The predicted molar refractivity (Wildman–Crippen MR) is 68.6 cm³/mol. The number of urea groups is 1. The zero-order valence-electron chi connectivity index (χ0n) is 10.7. The number of nitrogens with two attached hydrogens (primary N) is 1. The van der Waals surface area contributed by atoms with Crippen molar-refractivity contribution in [2.45, 2.75) is 6.92 Å². The van der Waals surface area contributed by atoms with Crippen LogP contribution >= 0.6 is 0 Å². The van der Waals surface area contributed by atoms with Crippen LogP contribution in [0.3, 0.4) is 0 Å². The zero-order chi connectivity index (χ0) is 15.3. The number of primary amides is 1. The molecule has 0 unspecified atom stereocenters. The fourth-order valence-corrected chi connectivity index (χ4v) is 1.48. The van der Waals surface area contributed by atoms with E-state index in [1.165, 1.54) is 25.1 Å². The van der Waals surface area contributed by atoms with Gasteiger partial charge in [-0.05, 0) is 30.7 Å². The Morgan fingerprint density at radius 3 is 2.50 bits per heavy atom. The fraction of sp³-hybridized carbons (Fsp3) is 0.250. The van der Waals surface area contributed by atoms with Gasteiger partial charge in [0.15, 0.2) is 0 Å². The number of benzene rings is 1. The lowest BCUT2D eigenvalue weighted by Gasteiger charge is -2.19. The van der Waals surface area contributed by atoms with E-state index >= 15 is 0 Å². The molecule has 0 atom stereocenters. The highest BCUT2D eigenvalue weighted by molar-refractivity contribution is 5.94. The van der Waals surface area contributed by atoms with E-state index in [0.717, 1.165) is 4.90 Å². The van der Waals surface area contributed by atoms with Gasteiger partial charge in [0.2, 0.25) is 5.91 Å². The van der Waals surface area contributed by atoms with Crippen LogP contribution in [0.4, 0.5) is 14.9 Å². The van der Waals surface area contributed by atoms with Gasteiger partial charge >= 0.3 is 12.0 Å². The molecule has 1 aromatic rings. The molecule has 1 rings (SSSR count). The SMILES string of the molecule is Cc1cc(NC(=O)N(CC(N)=O)CC(=O)O)ccc1F. The highest BCUT2D eigenvalue weighted by Gasteiger charge is 2.19. The van der Waals surface area contributed by atoms with Crippen LogP contribution < -0.4 is 11.1 Å². The molecule has 0 aliphatic carbocycles. The van der Waals surface area contributed by atoms with Crippen LogP contribution in [0.2, 0.25) is 0 Å². The van der Waals surface area contributed by atoms with Gasteiger partial charge in [-0.25, -0.2) is 9.18 Å². The molecule has 0 aliphatic heterocycles. The monoisotopic (exact) mass is 283 g/mol. The number of hydrogen-bond donors (Lipinski definition) is 3. The van der Waals surface area contributed by atoms with Gasteiger partial charge in [-0.15, -0.1) is 0 Å². The average molecular weight is 283 g/mol. The molecule has 0 spiro atoms. The van der Waals surface area contributed by atoms with Crippen molar-refractivity contribution in [2.24, 2.45) is 5.73 Å². The first-order valence-corrected chi connectivity index (χ1v) is 5.61. The third-order valence-electron chi connectivity index (χ3n) is 2.37. The number of carboxylic acids is 1. The van der Waals surface area contributed by atoms with Crippen LogP contribution in [0.1, 0.15) is 5.56 Å². The van der Waals surface area contributed by atoms with E-state index in [0.29, 0.717) is 5.56 Å². The minimum atomic E-state index is -1.28. The molecule has 0 heterocycles. The summed E-state index contributed by atoms with van der Waals surface area (Å²) < 4.78 is 13.1. The highest BCUT2D eigenvalue weighted by Crippen LogP contribution is 2.14. The minimum absolute atomic E-state index is 0.286. The molecular weight excluding hydrogens is 269 g/mol. The maximum atomic E-state index is 13.1. The Morgan fingerprint density at radius 1 is 1.35 bits per heavy atom. The zero-order valence-corrected chi connectivity index (χ0v) is 10.7. The van der Waals surface area contributed by atoms with Crippen molar-refractivity contribution in [3.05, 3.63) is 29.6 Å². The van der Waals surface area contributed by atoms with E-state index in [1.54, 1.807) is 0 Å². The summed E-state index contributed by atoms with van der Waals surface area (Å²) in [5, 5.41) is 11.0. The first-order chi connectivity index (χ1) is 9.29. The summed E-state index contributed by atoms with van der Waals surface area (Å²) in [5.41, 5.74) is 5.55. The van der Waals surface area contributed by atoms with Gasteiger partial charge < -0.3 is 21.1 Å². The molecule has 0 radical (unpaired) electrons. The van der Waals surface area contributed by atoms with E-state index in [4.69, 9.17) is 10.8 Å². The van der Waals surface area contributed by atoms with Crippen molar-refractivity contribution < 1.29 is 23.9 Å². The van der Waals surface area contributed by atoms with Gasteiger partial charge in [0.1, 0.15) is 18.9 Å². The molecule has 7 nitrogen and oxygen atoms in total. The number of amides is 3. The standard InChI is InChI=1S/C12H14FN3O4/c1-7-4-8(2-3-9(7)13)15-12(20)16(5-10(14)17)6-11(18)19/h2-4H,5-6H2,1H3,(H2,14,17)(H,15,20)(H,18,19). The Labute approximate surface area is 114 Å². The number of rotatable bonds is 5. The molecule has 0 aromatic heterocycles. The molecule has 0 bridgehead atoms. The maximum Gasteiger partial charge on any atom is 0.323 e. The first kappa shape index (κ1) is 15.4. The second-order valence-corrected chi connectivity index (χ2v) is 4.11. The number of halogens is 1. The van der Waals surface area contributed by atoms with Crippen molar-refractivity contribution in [2.75, 3.05) is 18.4 Å². The molecule has 1 aromatic carbocycles. The molecule has 4 N–H and O–H groups in total. The number of carbonyl (C=O) groups excluding carboxylic acids is 2. The van der Waals surface area contributed by atoms with Crippen LogP contribution in [0, 0.1) is 12.7 Å². The summed E-state index contributed by atoms with van der Waals surface area (Å²) in [7, 11) is 0. The van der Waals surface area contributed by atoms with E-state index in [2.05, 4.69) is 5.32 Å². The fourth-order valence-electron chi connectivity index (χ4n) is 1.48. The summed E-state index contributed by atoms with van der Waals surface area (Å²) >= 11 is 0. The van der Waals surface area contributed by atoms with Crippen molar-refractivity contribution in [1.82, 2.24) is 4.90 Å². The van der Waals surface area contributed by atoms with Crippen molar-refractivity contribution in [1.29, 1.82) is 0 Å². The van der Waals surface area contributed by atoms with E-state index in [-0.39, 0.29) is 5.69 Å². The number of hydrogen-bond acceptors (Lipinski definition) is 3. The second kappa shape index (κ2) is 6.50. The van der Waals surface area contributed by atoms with Gasteiger partial charge in [0.05, 0.1) is 0 Å². The van der Waals surface area contributed by atoms with Gasteiger partial charge in [-0.2, -0.15) is 0 Å². The number of aryl methyl sites for hydroxylation is 1. The number of carboxylic acid groups (broad SMARTS) is 1. The van der Waals surface area contributed by atoms with Crippen molar-refractivity contribution in [3.8, 4) is 0 Å². The topological polar surface area (TPSA) is 113 Å². The van der Waals surface area contributed by atoms with E-state index < -0.39 is 36.8 Å². The number of aliphatic carboxylic acids is 1. The lowest BCUT2D eigenvalue weighted by Crippen LogP contribution is -2.43. The van der Waals surface area contributed by atoms with E-state index in [9.17, 15) is 18.8 Å². The van der Waals surface area contributed by atoms with E-state index in [1.807, 2.05) is 0 Å². The Hall–Kier alpha value is -2.64. The van der Waals surface area contributed by atoms with Crippen molar-refractivity contribution in [3.63, 3.8) is 0 Å². The van der Waals surface area contributed by atoms with Crippen LogP contribution in [-0.2, 0) is 9.59 Å². The van der Waals surface area contributed by atoms with Crippen LogP contribution in [0.15, 0.2) is 18.2 Å². The molecule has 20 heavy (non-hydrogen) atoms. The quantitative estimate of drug-likeness (QED) is 0.731. The summed E-state index contributed by atoms with van der Waals surface area (Å²) in [6, 6.07) is 3.07. The van der Waals surface area contributed by atoms with Gasteiger partial charge in [0.25, 0.3) is 0 Å². The average Bonchev–Trinajstić information content (AvgIpc) is 2.32. The Bertz CT molecular complexity index is 532. The van der Waals surface area contributed by atoms with Gasteiger partial charge in [0, 0.05) is 5.69 Å². The van der Waals surface area contributed by atoms with Crippen LogP contribution in [0.25, 0.3) is 0 Å². The molecule has 108 valence electrons. The number of nitrogens with one attached hydrogen (secondary N) is 1. The lowest BCUT2D eigenvalue weighted by atomic mass is 10.2. The minimum Gasteiger partial charge on any atom is -0.480 e. The smallest absolute Gasteiger partial charge is 0.323 e. The Balaban J connectivity index is 2.81. The summed E-state index contributed by atoms with van der Waals surface area (Å²) in [4.78, 5) is 34.0. The molecule has 0 saturated heterocycles. The molecular formula is C12H14FN3O4. The molecule has 0 fully saturated rings. The maximum absolute atomic E-state index is 13.1. The summed E-state index contributed by atoms with van der Waals surface area (Å²) in [6.07, 6.45) is 0. The molecule has 0 saturated carbocycles. The second-order valence-electron chi connectivity index (χ2n) is 4.11. The van der Waals surface area contributed by atoms with Gasteiger partial charge in [-0.3, -0.25) is 9.59 Å². The Kier molecular flexibility index (Phi) is 5.01. The number of nitrogens with zero attached hydrogens (tertiary/aromatic N) is 1. The van der Waals surface area contributed by atoms with Crippen LogP contribution in [0.5, 0.6) is 0 Å². The molecule has 3 amide bonds. The Morgan fingerprint density at radius 2 is 2.00 bits per heavy atom. The summed E-state index contributed by atoms with van der Waals surface area (Å²) in [6.45, 7) is 0.316.